The van der Waals surface area contributed by atoms with Crippen LogP contribution < -0.4 is 5.73 Å². The van der Waals surface area contributed by atoms with E-state index in [9.17, 15) is 10.1 Å². The molecular formula is C11H10ClN3O2S2. The third kappa shape index (κ3) is 3.17. The second-order valence-electron chi connectivity index (χ2n) is 3.71. The van der Waals surface area contributed by atoms with Crippen molar-refractivity contribution in [3.8, 4) is 0 Å². The van der Waals surface area contributed by atoms with Gasteiger partial charge >= 0.3 is 0 Å². The predicted octanol–water partition coefficient (Wildman–Crippen LogP) is 3.89. The van der Waals surface area contributed by atoms with Crippen molar-refractivity contribution >= 4 is 45.5 Å². The van der Waals surface area contributed by atoms with Crippen LogP contribution in [0.15, 0.2) is 22.4 Å². The van der Waals surface area contributed by atoms with Crippen LogP contribution in [0, 0.1) is 17.0 Å². The van der Waals surface area contributed by atoms with Gasteiger partial charge in [0.2, 0.25) is 0 Å². The summed E-state index contributed by atoms with van der Waals surface area (Å²) >= 11 is 8.85. The maximum atomic E-state index is 11.0. The summed E-state index contributed by atoms with van der Waals surface area (Å²) in [6.07, 6.45) is 0. The lowest BCUT2D eigenvalue weighted by Gasteiger charge is -2.04. The van der Waals surface area contributed by atoms with E-state index in [-0.39, 0.29) is 5.69 Å². The van der Waals surface area contributed by atoms with Gasteiger partial charge in [-0.05, 0) is 13.0 Å². The van der Waals surface area contributed by atoms with Crippen molar-refractivity contribution in [3.63, 3.8) is 0 Å². The standard InChI is InChI=1S/C11H10ClN3O2S2/c1-6-10(19-11(13)14-6)18-5-7-8(12)3-2-4-9(7)15(16)17/h2-4H,5H2,1H3,(H2,13,14). The Morgan fingerprint density at radius 1 is 1.58 bits per heavy atom. The number of halogens is 1. The van der Waals surface area contributed by atoms with Gasteiger partial charge in [-0.2, -0.15) is 0 Å². The van der Waals surface area contributed by atoms with Crippen molar-refractivity contribution < 1.29 is 4.92 Å². The quantitative estimate of drug-likeness (QED) is 0.526. The van der Waals surface area contributed by atoms with Gasteiger partial charge in [0.1, 0.15) is 0 Å². The van der Waals surface area contributed by atoms with Crippen LogP contribution in [0.2, 0.25) is 5.02 Å². The van der Waals surface area contributed by atoms with Gasteiger partial charge in [-0.1, -0.05) is 29.0 Å². The first kappa shape index (κ1) is 14.1. The molecule has 0 saturated heterocycles. The van der Waals surface area contributed by atoms with Crippen molar-refractivity contribution in [3.05, 3.63) is 44.6 Å². The SMILES string of the molecule is Cc1nc(N)sc1SCc1c(Cl)cccc1[N+](=O)[O-]. The number of nitro groups is 1. The molecule has 100 valence electrons. The monoisotopic (exact) mass is 315 g/mol. The molecular weight excluding hydrogens is 306 g/mol. The van der Waals surface area contributed by atoms with Crippen LogP contribution in [0.25, 0.3) is 0 Å². The molecule has 8 heteroatoms. The zero-order valence-electron chi connectivity index (χ0n) is 9.92. The topological polar surface area (TPSA) is 82.0 Å². The van der Waals surface area contributed by atoms with E-state index >= 15 is 0 Å². The van der Waals surface area contributed by atoms with Crippen molar-refractivity contribution in [1.29, 1.82) is 0 Å². The molecule has 2 aromatic rings. The number of nitro benzene ring substituents is 1. The van der Waals surface area contributed by atoms with E-state index in [1.807, 2.05) is 6.92 Å². The Morgan fingerprint density at radius 3 is 2.89 bits per heavy atom. The van der Waals surface area contributed by atoms with Crippen molar-refractivity contribution in [1.82, 2.24) is 4.98 Å². The summed E-state index contributed by atoms with van der Waals surface area (Å²) in [6.45, 7) is 1.86. The highest BCUT2D eigenvalue weighted by Crippen LogP contribution is 2.36. The number of thioether (sulfide) groups is 1. The molecule has 1 aromatic heterocycles. The largest absolute Gasteiger partial charge is 0.375 e. The molecule has 0 atom stereocenters. The van der Waals surface area contributed by atoms with Crippen LogP contribution in [-0.4, -0.2) is 9.91 Å². The Morgan fingerprint density at radius 2 is 2.32 bits per heavy atom. The molecule has 2 N–H and O–H groups in total. The first-order chi connectivity index (χ1) is 8.99. The fourth-order valence-corrected chi connectivity index (χ4v) is 3.92. The zero-order valence-corrected chi connectivity index (χ0v) is 12.3. The van der Waals surface area contributed by atoms with E-state index < -0.39 is 4.92 Å². The summed E-state index contributed by atoms with van der Waals surface area (Å²) in [5, 5.41) is 11.9. The van der Waals surface area contributed by atoms with E-state index in [4.69, 9.17) is 17.3 Å². The number of nitrogens with two attached hydrogens (primary N) is 1. The van der Waals surface area contributed by atoms with E-state index in [2.05, 4.69) is 4.98 Å². The van der Waals surface area contributed by atoms with Crippen LogP contribution in [0.5, 0.6) is 0 Å². The Hall–Kier alpha value is -1.31. The number of nitrogens with zero attached hydrogens (tertiary/aromatic N) is 2. The highest BCUT2D eigenvalue weighted by Gasteiger charge is 2.17. The molecule has 0 aliphatic carbocycles. The lowest BCUT2D eigenvalue weighted by molar-refractivity contribution is -0.385. The van der Waals surface area contributed by atoms with Gasteiger partial charge < -0.3 is 5.73 Å². The summed E-state index contributed by atoms with van der Waals surface area (Å²) in [5.74, 6) is 0.415. The number of nitrogen functional groups attached to an aromatic ring is 1. The molecule has 0 amide bonds. The molecule has 19 heavy (non-hydrogen) atoms. The summed E-state index contributed by atoms with van der Waals surface area (Å²) < 4.78 is 0.951. The van der Waals surface area contributed by atoms with Crippen LogP contribution in [-0.2, 0) is 5.75 Å². The van der Waals surface area contributed by atoms with Crippen molar-refractivity contribution in [2.75, 3.05) is 5.73 Å². The lowest BCUT2D eigenvalue weighted by Crippen LogP contribution is -1.94. The summed E-state index contributed by atoms with van der Waals surface area (Å²) in [5.41, 5.74) is 7.01. The molecule has 0 bridgehead atoms. The third-order valence-electron chi connectivity index (χ3n) is 2.41. The second kappa shape index (κ2) is 5.77. The normalized spacial score (nSPS) is 10.6. The van der Waals surface area contributed by atoms with Crippen molar-refractivity contribution in [2.24, 2.45) is 0 Å². The molecule has 5 nitrogen and oxygen atoms in total. The van der Waals surface area contributed by atoms with Gasteiger partial charge in [-0.3, -0.25) is 10.1 Å². The molecule has 1 heterocycles. The zero-order chi connectivity index (χ0) is 14.0. The summed E-state index contributed by atoms with van der Waals surface area (Å²) in [7, 11) is 0. The number of rotatable bonds is 4. The number of hydrogen-bond donors (Lipinski definition) is 1. The number of aromatic nitrogens is 1. The fourth-order valence-electron chi connectivity index (χ4n) is 1.54. The Kier molecular flexibility index (Phi) is 4.28. The summed E-state index contributed by atoms with van der Waals surface area (Å²) in [4.78, 5) is 14.7. The van der Waals surface area contributed by atoms with Gasteiger partial charge in [0.05, 0.1) is 25.4 Å². The smallest absolute Gasteiger partial charge is 0.274 e. The van der Waals surface area contributed by atoms with E-state index in [1.165, 1.54) is 29.2 Å². The maximum absolute atomic E-state index is 11.0. The Bertz CT molecular complexity index is 630. The van der Waals surface area contributed by atoms with E-state index in [0.29, 0.717) is 21.5 Å². The minimum atomic E-state index is -0.421. The molecule has 0 aliphatic heterocycles. The van der Waals surface area contributed by atoms with Crippen LogP contribution in [0.4, 0.5) is 10.8 Å². The molecule has 1 aromatic carbocycles. The van der Waals surface area contributed by atoms with Gasteiger partial charge in [0, 0.05) is 11.8 Å². The van der Waals surface area contributed by atoms with Crippen LogP contribution in [0.3, 0.4) is 0 Å². The minimum Gasteiger partial charge on any atom is -0.375 e. The van der Waals surface area contributed by atoms with Crippen molar-refractivity contribution in [2.45, 2.75) is 16.9 Å². The molecule has 0 unspecified atom stereocenters. The Balaban J connectivity index is 2.24. The van der Waals surface area contributed by atoms with Gasteiger partial charge in [0.15, 0.2) is 5.13 Å². The van der Waals surface area contributed by atoms with Crippen LogP contribution >= 0.6 is 34.7 Å². The highest BCUT2D eigenvalue weighted by atomic mass is 35.5. The fraction of sp³-hybridized carbons (Fsp3) is 0.182. The first-order valence-corrected chi connectivity index (χ1v) is 7.44. The number of hydrogen-bond acceptors (Lipinski definition) is 6. The van der Waals surface area contributed by atoms with Crippen LogP contribution in [0.1, 0.15) is 11.3 Å². The van der Waals surface area contributed by atoms with Gasteiger partial charge in [-0.25, -0.2) is 4.98 Å². The van der Waals surface area contributed by atoms with E-state index in [1.54, 1.807) is 12.1 Å². The lowest BCUT2D eigenvalue weighted by atomic mass is 10.2. The Labute approximate surface area is 122 Å². The molecule has 0 fully saturated rings. The number of thiazole rings is 1. The predicted molar refractivity (Wildman–Crippen MR) is 78.9 cm³/mol. The number of anilines is 1. The van der Waals surface area contributed by atoms with E-state index in [0.717, 1.165) is 9.90 Å². The maximum Gasteiger partial charge on any atom is 0.274 e. The number of aryl methyl sites for hydroxylation is 1. The molecule has 0 aliphatic rings. The number of benzene rings is 1. The average Bonchev–Trinajstić information content (AvgIpc) is 2.66. The first-order valence-electron chi connectivity index (χ1n) is 5.26. The minimum absolute atomic E-state index is 0.0372. The second-order valence-corrected chi connectivity index (χ2v) is 6.39. The summed E-state index contributed by atoms with van der Waals surface area (Å²) in [6, 6.07) is 4.68. The third-order valence-corrected chi connectivity index (χ3v) is 5.14. The molecule has 2 rings (SSSR count). The van der Waals surface area contributed by atoms with Gasteiger partial charge in [-0.15, -0.1) is 11.8 Å². The molecule has 0 saturated carbocycles. The molecule has 0 radical (unpaired) electrons. The highest BCUT2D eigenvalue weighted by molar-refractivity contribution is 8.00. The average molecular weight is 316 g/mol. The van der Waals surface area contributed by atoms with Gasteiger partial charge in [0.25, 0.3) is 5.69 Å². The molecule has 0 spiro atoms.